The first-order valence-corrected chi connectivity index (χ1v) is 10.5. The zero-order valence-electron chi connectivity index (χ0n) is 14.6. The molecule has 0 radical (unpaired) electrons. The molecule has 1 aliphatic carbocycles. The van der Waals surface area contributed by atoms with E-state index >= 15 is 0 Å². The number of likely N-dealkylation sites (tertiary alicyclic amines) is 1. The van der Waals surface area contributed by atoms with Crippen LogP contribution in [0.1, 0.15) is 44.9 Å². The van der Waals surface area contributed by atoms with Crippen molar-refractivity contribution >= 4 is 15.9 Å². The van der Waals surface area contributed by atoms with Crippen molar-refractivity contribution in [3.8, 4) is 6.07 Å². The van der Waals surface area contributed by atoms with Crippen molar-refractivity contribution in [2.45, 2.75) is 56.5 Å². The number of nitrogens with zero attached hydrogens (tertiary/aromatic N) is 3. The van der Waals surface area contributed by atoms with Crippen LogP contribution in [0.3, 0.4) is 0 Å². The largest absolute Gasteiger partial charge is 0.337 e. The summed E-state index contributed by atoms with van der Waals surface area (Å²) in [5.41, 5.74) is -0.690. The van der Waals surface area contributed by atoms with Gasteiger partial charge in [-0.3, -0.25) is 9.69 Å². The third-order valence-electron chi connectivity index (χ3n) is 5.26. The van der Waals surface area contributed by atoms with Crippen molar-refractivity contribution < 1.29 is 13.2 Å². The van der Waals surface area contributed by atoms with Crippen LogP contribution in [0.2, 0.25) is 0 Å². The Labute approximate surface area is 145 Å². The fourth-order valence-electron chi connectivity index (χ4n) is 3.64. The predicted octanol–water partition coefficient (Wildman–Crippen LogP) is 0.685. The van der Waals surface area contributed by atoms with Crippen LogP contribution in [0.5, 0.6) is 0 Å². The Bertz CT molecular complexity index is 585. The first-order chi connectivity index (χ1) is 11.3. The summed E-state index contributed by atoms with van der Waals surface area (Å²) in [7, 11) is -1.56. The van der Waals surface area contributed by atoms with Crippen LogP contribution in [0, 0.1) is 11.3 Å². The van der Waals surface area contributed by atoms with E-state index in [-0.39, 0.29) is 18.5 Å². The van der Waals surface area contributed by atoms with Crippen LogP contribution >= 0.6 is 0 Å². The summed E-state index contributed by atoms with van der Waals surface area (Å²) in [5, 5.41) is 12.4. The minimum atomic E-state index is -3.17. The Morgan fingerprint density at radius 1 is 1.29 bits per heavy atom. The minimum absolute atomic E-state index is 0.00288. The van der Waals surface area contributed by atoms with Gasteiger partial charge < -0.3 is 5.32 Å². The molecule has 0 aromatic carbocycles. The molecule has 0 atom stereocenters. The third kappa shape index (κ3) is 4.91. The second-order valence-corrected chi connectivity index (χ2v) is 9.13. The lowest BCUT2D eigenvalue weighted by atomic mass is 9.83. The summed E-state index contributed by atoms with van der Waals surface area (Å²) in [5.74, 6) is -0.103. The smallest absolute Gasteiger partial charge is 0.235 e. The van der Waals surface area contributed by atoms with E-state index in [1.54, 1.807) is 7.05 Å². The third-order valence-corrected chi connectivity index (χ3v) is 6.61. The molecule has 1 saturated carbocycles. The van der Waals surface area contributed by atoms with Crippen molar-refractivity contribution in [1.29, 1.82) is 5.26 Å². The van der Waals surface area contributed by atoms with Gasteiger partial charge in [0, 0.05) is 26.2 Å². The summed E-state index contributed by atoms with van der Waals surface area (Å²) in [6.07, 6.45) is 7.22. The first kappa shape index (κ1) is 19.2. The van der Waals surface area contributed by atoms with Gasteiger partial charge in [0.1, 0.15) is 5.54 Å². The monoisotopic (exact) mass is 356 g/mol. The topological polar surface area (TPSA) is 93.5 Å². The summed E-state index contributed by atoms with van der Waals surface area (Å²) in [4.78, 5) is 14.3. The number of nitriles is 1. The molecule has 7 nitrogen and oxygen atoms in total. The number of carbonyl (C=O) groups excluding carboxylic acids is 1. The normalized spacial score (nSPS) is 22.9. The number of nitrogens with one attached hydrogen (secondary N) is 1. The lowest BCUT2D eigenvalue weighted by molar-refractivity contribution is -0.124. The van der Waals surface area contributed by atoms with Crippen LogP contribution in [-0.2, 0) is 14.8 Å². The van der Waals surface area contributed by atoms with Gasteiger partial charge in [0.05, 0.1) is 18.9 Å². The number of carbonyl (C=O) groups is 1. The fraction of sp³-hybridized carbons (Fsp3) is 0.875. The maximum atomic E-state index is 12.3. The Morgan fingerprint density at radius 2 is 1.88 bits per heavy atom. The highest BCUT2D eigenvalue weighted by Gasteiger charge is 2.34. The summed E-state index contributed by atoms with van der Waals surface area (Å²) in [6, 6.07) is 2.30. The van der Waals surface area contributed by atoms with E-state index in [0.29, 0.717) is 13.1 Å². The lowest BCUT2D eigenvalue weighted by Crippen LogP contribution is -2.53. The van der Waals surface area contributed by atoms with Gasteiger partial charge in [-0.15, -0.1) is 0 Å². The van der Waals surface area contributed by atoms with Gasteiger partial charge >= 0.3 is 0 Å². The molecule has 2 aliphatic rings. The Kier molecular flexibility index (Phi) is 6.23. The van der Waals surface area contributed by atoms with Crippen LogP contribution in [0.25, 0.3) is 0 Å². The van der Waals surface area contributed by atoms with Crippen LogP contribution < -0.4 is 5.32 Å². The molecule has 1 heterocycles. The molecule has 1 N–H and O–H groups in total. The maximum Gasteiger partial charge on any atom is 0.235 e. The lowest BCUT2D eigenvalue weighted by Gasteiger charge is -2.36. The average Bonchev–Trinajstić information content (AvgIpc) is 2.55. The van der Waals surface area contributed by atoms with Crippen molar-refractivity contribution in [3.05, 3.63) is 0 Å². The van der Waals surface area contributed by atoms with Crippen LogP contribution in [-0.4, -0.2) is 68.0 Å². The number of hydrogen-bond donors (Lipinski definition) is 1. The number of sulfonamides is 1. The van der Waals surface area contributed by atoms with E-state index < -0.39 is 15.6 Å². The molecule has 1 aliphatic heterocycles. The number of amides is 1. The SMILES string of the molecule is CN(C1CCN(CC(=O)NC2(C#N)CCCCC2)CC1)S(C)(=O)=O. The van der Waals surface area contributed by atoms with Gasteiger partial charge in [-0.25, -0.2) is 12.7 Å². The quantitative estimate of drug-likeness (QED) is 0.782. The van der Waals surface area contributed by atoms with Gasteiger partial charge in [0.15, 0.2) is 0 Å². The maximum absolute atomic E-state index is 12.3. The van der Waals surface area contributed by atoms with E-state index in [0.717, 1.165) is 44.9 Å². The Morgan fingerprint density at radius 3 is 2.38 bits per heavy atom. The van der Waals surface area contributed by atoms with E-state index in [1.165, 1.54) is 10.6 Å². The first-order valence-electron chi connectivity index (χ1n) is 8.63. The molecule has 136 valence electrons. The molecule has 0 aromatic rings. The molecule has 2 fully saturated rings. The van der Waals surface area contributed by atoms with Crippen molar-refractivity contribution in [3.63, 3.8) is 0 Å². The second kappa shape index (κ2) is 7.81. The van der Waals surface area contributed by atoms with Gasteiger partial charge in [-0.2, -0.15) is 5.26 Å². The molecular weight excluding hydrogens is 328 g/mol. The van der Waals surface area contributed by atoms with Gasteiger partial charge in [0.25, 0.3) is 0 Å². The zero-order chi connectivity index (χ0) is 17.8. The second-order valence-electron chi connectivity index (χ2n) is 7.09. The summed E-state index contributed by atoms with van der Waals surface area (Å²) < 4.78 is 24.6. The molecule has 1 amide bonds. The van der Waals surface area contributed by atoms with Gasteiger partial charge in [-0.1, -0.05) is 19.3 Å². The molecule has 0 aromatic heterocycles. The minimum Gasteiger partial charge on any atom is -0.337 e. The standard InChI is InChI=1S/C16H28N4O3S/c1-19(24(2,22)23)14-6-10-20(11-7-14)12-15(21)18-16(13-17)8-4-3-5-9-16/h14H,3-12H2,1-2H3,(H,18,21). The number of hydrogen-bond acceptors (Lipinski definition) is 5. The van der Waals surface area contributed by atoms with E-state index in [9.17, 15) is 18.5 Å². The molecule has 1 saturated heterocycles. The van der Waals surface area contributed by atoms with Crippen LogP contribution in [0.15, 0.2) is 0 Å². The molecule has 24 heavy (non-hydrogen) atoms. The molecular formula is C16H28N4O3S. The summed E-state index contributed by atoms with van der Waals surface area (Å²) >= 11 is 0. The predicted molar refractivity (Wildman–Crippen MR) is 91.6 cm³/mol. The van der Waals surface area contributed by atoms with E-state index in [1.807, 2.05) is 4.90 Å². The zero-order valence-corrected chi connectivity index (χ0v) is 15.4. The average molecular weight is 356 g/mol. The highest BCUT2D eigenvalue weighted by molar-refractivity contribution is 7.88. The molecule has 2 rings (SSSR count). The number of rotatable bonds is 5. The van der Waals surface area contributed by atoms with Crippen LogP contribution in [0.4, 0.5) is 0 Å². The highest BCUT2D eigenvalue weighted by Crippen LogP contribution is 2.27. The fourth-order valence-corrected chi connectivity index (χ4v) is 4.39. The highest BCUT2D eigenvalue weighted by atomic mass is 32.2. The van der Waals surface area contributed by atoms with E-state index in [4.69, 9.17) is 0 Å². The number of piperidine rings is 1. The van der Waals surface area contributed by atoms with Gasteiger partial charge in [0.2, 0.25) is 15.9 Å². The molecule has 0 unspecified atom stereocenters. The molecule has 0 bridgehead atoms. The van der Waals surface area contributed by atoms with Gasteiger partial charge in [-0.05, 0) is 25.7 Å². The Hall–Kier alpha value is -1.17. The van der Waals surface area contributed by atoms with E-state index in [2.05, 4.69) is 11.4 Å². The van der Waals surface area contributed by atoms with Crippen molar-refractivity contribution in [2.24, 2.45) is 0 Å². The molecule has 8 heteroatoms. The summed E-state index contributed by atoms with van der Waals surface area (Å²) in [6.45, 7) is 1.66. The van der Waals surface area contributed by atoms with Crippen molar-refractivity contribution in [2.75, 3.05) is 32.9 Å². The van der Waals surface area contributed by atoms with Crippen molar-refractivity contribution in [1.82, 2.24) is 14.5 Å². The Balaban J connectivity index is 1.81. The molecule has 0 spiro atoms.